The van der Waals surface area contributed by atoms with Crippen LogP contribution < -0.4 is 18.9 Å². The van der Waals surface area contributed by atoms with E-state index in [-0.39, 0.29) is 13.6 Å². The standard InChI is InChI=1S/C10H10O5.C8H6O3/c1-13-10(12)9(11)6-2-3-7-8(4-6)15-5-14-7;9-4-6-1-2-7-8(3-6)11-5-10-7/h2-4,9,11H,5H2,1H3;1-4H,5H2. The summed E-state index contributed by atoms with van der Waals surface area (Å²) < 4.78 is 24.8. The van der Waals surface area contributed by atoms with Crippen molar-refractivity contribution in [2.45, 2.75) is 6.10 Å². The van der Waals surface area contributed by atoms with Crippen LogP contribution in [0.1, 0.15) is 22.0 Å². The number of carbonyl (C=O) groups is 2. The van der Waals surface area contributed by atoms with Gasteiger partial charge >= 0.3 is 5.97 Å². The van der Waals surface area contributed by atoms with E-state index in [4.69, 9.17) is 18.9 Å². The zero-order valence-corrected chi connectivity index (χ0v) is 13.8. The van der Waals surface area contributed by atoms with Crippen LogP contribution in [0.4, 0.5) is 0 Å². The topological polar surface area (TPSA) is 101 Å². The maximum absolute atomic E-state index is 11.1. The lowest BCUT2D eigenvalue weighted by Gasteiger charge is -2.08. The monoisotopic (exact) mass is 360 g/mol. The van der Waals surface area contributed by atoms with Gasteiger partial charge in [0.15, 0.2) is 29.1 Å². The van der Waals surface area contributed by atoms with E-state index in [0.29, 0.717) is 34.1 Å². The normalized spacial score (nSPS) is 14.1. The van der Waals surface area contributed by atoms with E-state index in [1.54, 1.807) is 36.4 Å². The number of hydrogen-bond acceptors (Lipinski definition) is 8. The number of hydrogen-bond donors (Lipinski definition) is 1. The fourth-order valence-corrected chi connectivity index (χ4v) is 2.32. The molecule has 0 aliphatic carbocycles. The second kappa shape index (κ2) is 7.75. The lowest BCUT2D eigenvalue weighted by atomic mass is 10.1. The van der Waals surface area contributed by atoms with Gasteiger partial charge in [0.25, 0.3) is 0 Å². The van der Waals surface area contributed by atoms with Gasteiger partial charge in [0, 0.05) is 5.56 Å². The van der Waals surface area contributed by atoms with E-state index in [2.05, 4.69) is 4.74 Å². The van der Waals surface area contributed by atoms with E-state index >= 15 is 0 Å². The second-order valence-corrected chi connectivity index (χ2v) is 5.27. The molecule has 0 aromatic heterocycles. The minimum absolute atomic E-state index is 0.160. The predicted molar refractivity (Wildman–Crippen MR) is 87.5 cm³/mol. The first kappa shape index (κ1) is 17.6. The summed E-state index contributed by atoms with van der Waals surface area (Å²) in [6.45, 7) is 0.407. The lowest BCUT2D eigenvalue weighted by Crippen LogP contribution is -2.13. The number of aldehydes is 1. The van der Waals surface area contributed by atoms with Gasteiger partial charge in [0.05, 0.1) is 7.11 Å². The first-order valence-corrected chi connectivity index (χ1v) is 7.62. The molecule has 136 valence electrons. The Bertz CT molecular complexity index is 817. The number of carbonyl (C=O) groups excluding carboxylic acids is 2. The van der Waals surface area contributed by atoms with Crippen molar-refractivity contribution in [3.05, 3.63) is 47.5 Å². The first-order chi connectivity index (χ1) is 12.6. The van der Waals surface area contributed by atoms with Crippen molar-refractivity contribution >= 4 is 12.3 Å². The Morgan fingerprint density at radius 2 is 1.58 bits per heavy atom. The Morgan fingerprint density at radius 1 is 1.00 bits per heavy atom. The molecule has 0 spiro atoms. The van der Waals surface area contributed by atoms with Crippen LogP contribution in [0.3, 0.4) is 0 Å². The molecule has 4 rings (SSSR count). The van der Waals surface area contributed by atoms with Crippen LogP contribution in [-0.2, 0) is 9.53 Å². The van der Waals surface area contributed by atoms with Gasteiger partial charge in [0.1, 0.15) is 6.29 Å². The van der Waals surface area contributed by atoms with Gasteiger partial charge in [-0.15, -0.1) is 0 Å². The summed E-state index contributed by atoms with van der Waals surface area (Å²) >= 11 is 0. The molecule has 2 aliphatic heterocycles. The average Bonchev–Trinajstić information content (AvgIpc) is 3.34. The van der Waals surface area contributed by atoms with Gasteiger partial charge in [-0.25, -0.2) is 4.79 Å². The Kier molecular flexibility index (Phi) is 5.23. The molecule has 2 aliphatic rings. The van der Waals surface area contributed by atoms with Crippen molar-refractivity contribution in [3.63, 3.8) is 0 Å². The fraction of sp³-hybridized carbons (Fsp3) is 0.222. The van der Waals surface area contributed by atoms with E-state index in [9.17, 15) is 14.7 Å². The molecule has 0 fully saturated rings. The number of fused-ring (bicyclic) bond motifs is 2. The molecular weight excluding hydrogens is 344 g/mol. The third-order valence-electron chi connectivity index (χ3n) is 3.67. The zero-order chi connectivity index (χ0) is 18.5. The highest BCUT2D eigenvalue weighted by atomic mass is 16.7. The van der Waals surface area contributed by atoms with Gasteiger partial charge in [-0.1, -0.05) is 6.07 Å². The minimum Gasteiger partial charge on any atom is -0.467 e. The summed E-state index contributed by atoms with van der Waals surface area (Å²) in [5, 5.41) is 9.55. The van der Waals surface area contributed by atoms with Gasteiger partial charge in [-0.05, 0) is 35.9 Å². The molecule has 0 radical (unpaired) electrons. The van der Waals surface area contributed by atoms with Crippen molar-refractivity contribution in [1.29, 1.82) is 0 Å². The van der Waals surface area contributed by atoms with Gasteiger partial charge in [-0.3, -0.25) is 4.79 Å². The van der Waals surface area contributed by atoms with E-state index in [1.165, 1.54) is 7.11 Å². The Labute approximate surface area is 148 Å². The molecule has 1 atom stereocenters. The van der Waals surface area contributed by atoms with Crippen molar-refractivity contribution in [2.24, 2.45) is 0 Å². The third-order valence-corrected chi connectivity index (χ3v) is 3.67. The maximum Gasteiger partial charge on any atom is 0.339 e. The van der Waals surface area contributed by atoms with Crippen LogP contribution in [0.2, 0.25) is 0 Å². The van der Waals surface area contributed by atoms with E-state index < -0.39 is 12.1 Å². The Morgan fingerprint density at radius 3 is 2.19 bits per heavy atom. The number of methoxy groups -OCH3 is 1. The van der Waals surface area contributed by atoms with Crippen LogP contribution in [0.15, 0.2) is 36.4 Å². The molecule has 26 heavy (non-hydrogen) atoms. The molecule has 0 saturated carbocycles. The molecule has 1 unspecified atom stereocenters. The fourth-order valence-electron chi connectivity index (χ4n) is 2.32. The Balaban J connectivity index is 0.000000158. The molecule has 0 amide bonds. The molecule has 2 aromatic carbocycles. The molecule has 8 heteroatoms. The summed E-state index contributed by atoms with van der Waals surface area (Å²) in [5.74, 6) is 1.78. The van der Waals surface area contributed by atoms with Crippen LogP contribution >= 0.6 is 0 Å². The number of benzene rings is 2. The van der Waals surface area contributed by atoms with E-state index in [1.807, 2.05) is 0 Å². The minimum atomic E-state index is -1.29. The number of ether oxygens (including phenoxy) is 5. The number of aliphatic hydroxyl groups excluding tert-OH is 1. The van der Waals surface area contributed by atoms with Gasteiger partial charge < -0.3 is 28.8 Å². The summed E-state index contributed by atoms with van der Waals surface area (Å²) in [6, 6.07) is 9.88. The van der Waals surface area contributed by atoms with Crippen molar-refractivity contribution in [1.82, 2.24) is 0 Å². The summed E-state index contributed by atoms with van der Waals surface area (Å²) in [7, 11) is 1.22. The highest BCUT2D eigenvalue weighted by molar-refractivity contribution is 5.77. The third kappa shape index (κ3) is 3.70. The zero-order valence-electron chi connectivity index (χ0n) is 13.8. The van der Waals surface area contributed by atoms with Crippen LogP contribution in [0, 0.1) is 0 Å². The highest BCUT2D eigenvalue weighted by Gasteiger charge is 2.21. The molecule has 8 nitrogen and oxygen atoms in total. The second-order valence-electron chi connectivity index (χ2n) is 5.27. The van der Waals surface area contributed by atoms with Gasteiger partial charge in [-0.2, -0.15) is 0 Å². The predicted octanol–water partition coefficient (Wildman–Crippen LogP) is 1.85. The number of esters is 1. The van der Waals surface area contributed by atoms with Gasteiger partial charge in [0.2, 0.25) is 13.6 Å². The lowest BCUT2D eigenvalue weighted by molar-refractivity contribution is -0.150. The molecular formula is C18H16O8. The average molecular weight is 360 g/mol. The number of rotatable bonds is 3. The smallest absolute Gasteiger partial charge is 0.339 e. The summed E-state index contributed by atoms with van der Waals surface area (Å²) in [4.78, 5) is 21.4. The molecule has 2 heterocycles. The molecule has 0 saturated heterocycles. The van der Waals surface area contributed by atoms with E-state index in [0.717, 1.165) is 6.29 Å². The van der Waals surface area contributed by atoms with Crippen molar-refractivity contribution in [2.75, 3.05) is 20.7 Å². The number of aliphatic hydroxyl groups is 1. The molecule has 2 aromatic rings. The molecule has 1 N–H and O–H groups in total. The maximum atomic E-state index is 11.1. The Hall–Kier alpha value is -3.26. The quantitative estimate of drug-likeness (QED) is 0.654. The summed E-state index contributed by atoms with van der Waals surface area (Å²) in [5.41, 5.74) is 1.03. The summed E-state index contributed by atoms with van der Waals surface area (Å²) in [6.07, 6.45) is -0.508. The van der Waals surface area contributed by atoms with Crippen LogP contribution in [0.25, 0.3) is 0 Å². The first-order valence-electron chi connectivity index (χ1n) is 7.62. The molecule has 0 bridgehead atoms. The SMILES string of the molecule is COC(=O)C(O)c1ccc2c(c1)OCO2.O=Cc1ccc2c(c1)OCO2. The van der Waals surface area contributed by atoms with Crippen molar-refractivity contribution in [3.8, 4) is 23.0 Å². The van der Waals surface area contributed by atoms with Crippen molar-refractivity contribution < 1.29 is 38.4 Å². The largest absolute Gasteiger partial charge is 0.467 e. The van der Waals surface area contributed by atoms with Crippen LogP contribution in [0.5, 0.6) is 23.0 Å². The highest BCUT2D eigenvalue weighted by Crippen LogP contribution is 2.34. The van der Waals surface area contributed by atoms with Crippen LogP contribution in [-0.4, -0.2) is 38.1 Å².